The van der Waals surface area contributed by atoms with Crippen molar-refractivity contribution in [2.75, 3.05) is 0 Å². The first-order valence-corrected chi connectivity index (χ1v) is 17.5. The summed E-state index contributed by atoms with van der Waals surface area (Å²) >= 11 is 0. The molecule has 4 nitrogen and oxygen atoms in total. The van der Waals surface area contributed by atoms with Gasteiger partial charge in [0.05, 0.1) is 2.74 Å². The maximum atomic E-state index is 12.7. The third-order valence-corrected chi connectivity index (χ3v) is 10.7. The predicted molar refractivity (Wildman–Crippen MR) is 195 cm³/mol. The minimum Gasteiger partial charge on any atom is -0.479 e. The Morgan fingerprint density at radius 3 is 1.23 bits per heavy atom. The third-order valence-electron chi connectivity index (χ3n) is 10.7. The fourth-order valence-electron chi connectivity index (χ4n) is 7.55. The van der Waals surface area contributed by atoms with Gasteiger partial charge in [0.15, 0.2) is 11.2 Å². The highest BCUT2D eigenvalue weighted by atomic mass is 16.5. The minimum atomic E-state index is -2.38. The molecule has 0 radical (unpaired) electrons. The molecule has 0 amide bonds. The molecule has 3 aliphatic heterocycles. The van der Waals surface area contributed by atoms with Crippen LogP contribution in [0.5, 0.6) is 11.5 Å². The number of allylic oxidation sites excluding steroid dienone is 4. The number of hydrogen-bond donors (Lipinski definition) is 2. The number of benzene rings is 2. The first kappa shape index (κ1) is 28.7. The van der Waals surface area contributed by atoms with Gasteiger partial charge in [-0.3, -0.25) is 0 Å². The van der Waals surface area contributed by atoms with E-state index in [4.69, 9.17) is 9.47 Å². The lowest BCUT2D eigenvalue weighted by atomic mass is 9.71. The summed E-state index contributed by atoms with van der Waals surface area (Å²) in [6.07, 6.45) is 0.362. The van der Waals surface area contributed by atoms with Crippen LogP contribution in [0.2, 0.25) is 0 Å². The van der Waals surface area contributed by atoms with Crippen molar-refractivity contribution in [2.24, 2.45) is 10.8 Å². The topological polar surface area (TPSA) is 58.9 Å². The second kappa shape index (κ2) is 10.2. The van der Waals surface area contributed by atoms with E-state index in [1.807, 2.05) is 36.4 Å². The van der Waals surface area contributed by atoms with Crippen LogP contribution in [0.25, 0.3) is 0 Å². The van der Waals surface area contributed by atoms with E-state index in [0.717, 1.165) is 33.4 Å². The van der Waals surface area contributed by atoms with Crippen molar-refractivity contribution in [2.45, 2.75) is 143 Å². The fourth-order valence-corrected chi connectivity index (χ4v) is 7.55. The molecular formula is C44H56O4. The summed E-state index contributed by atoms with van der Waals surface area (Å²) in [6.45, 7) is 25.0. The summed E-state index contributed by atoms with van der Waals surface area (Å²) in [6, 6.07) is 7.96. The SMILES string of the molecule is [2H]C1C2=CC(C(C)(C)C)=C[C@@]3(Cc4cc(C(C)(C)C)cc(c4O3)C([2H])C3=CC(C(C)(C)C)=C[C@]4(Cc5cc(C(C)(C)C)cc1c5O4)[C@]3([2H])O)[C@@]2([2H])O. The second-order valence-corrected chi connectivity index (χ2v) is 18.8. The summed E-state index contributed by atoms with van der Waals surface area (Å²) in [4.78, 5) is 0. The van der Waals surface area contributed by atoms with Crippen LogP contribution in [0.1, 0.15) is 122 Å². The van der Waals surface area contributed by atoms with Crippen LogP contribution in [0.4, 0.5) is 0 Å². The Bertz CT molecular complexity index is 1880. The quantitative estimate of drug-likeness (QED) is 0.298. The highest BCUT2D eigenvalue weighted by molar-refractivity contribution is 5.60. The summed E-state index contributed by atoms with van der Waals surface area (Å²) in [7, 11) is 0. The molecule has 0 fully saturated rings. The van der Waals surface area contributed by atoms with Gasteiger partial charge in [-0.2, -0.15) is 0 Å². The zero-order valence-electron chi connectivity index (χ0n) is 34.9. The molecular weight excluding hydrogens is 592 g/mol. The third kappa shape index (κ3) is 5.33. The Kier molecular flexibility index (Phi) is 6.12. The predicted octanol–water partition coefficient (Wildman–Crippen LogP) is 8.97. The van der Waals surface area contributed by atoms with E-state index in [9.17, 15) is 15.7 Å². The van der Waals surface area contributed by atoms with Gasteiger partial charge in [-0.1, -0.05) is 120 Å². The summed E-state index contributed by atoms with van der Waals surface area (Å²) in [5, 5.41) is 25.3. The minimum absolute atomic E-state index is 0.146. The van der Waals surface area contributed by atoms with Crippen molar-refractivity contribution in [3.8, 4) is 11.5 Å². The van der Waals surface area contributed by atoms with Crippen LogP contribution < -0.4 is 9.47 Å². The molecule has 2 spiro atoms. The van der Waals surface area contributed by atoms with E-state index in [2.05, 4.69) is 83.1 Å². The van der Waals surface area contributed by atoms with E-state index in [1.54, 1.807) is 12.2 Å². The molecule has 0 aromatic heterocycles. The molecule has 2 aromatic rings. The van der Waals surface area contributed by atoms with Crippen molar-refractivity contribution in [1.29, 1.82) is 0 Å². The first-order valence-electron chi connectivity index (χ1n) is 19.6. The number of hydrogen-bond acceptors (Lipinski definition) is 4. The highest BCUT2D eigenvalue weighted by Crippen LogP contribution is 2.53. The van der Waals surface area contributed by atoms with E-state index in [-0.39, 0.29) is 34.8 Å². The molecule has 3 heterocycles. The molecule has 5 aliphatic rings. The van der Waals surface area contributed by atoms with Gasteiger partial charge in [-0.25, -0.2) is 0 Å². The monoisotopic (exact) mass is 652 g/mol. The highest BCUT2D eigenvalue weighted by Gasteiger charge is 2.52. The Balaban J connectivity index is 1.62. The molecule has 6 atom stereocenters. The van der Waals surface area contributed by atoms with Gasteiger partial charge in [0, 0.05) is 28.4 Å². The van der Waals surface area contributed by atoms with Crippen LogP contribution in [-0.2, 0) is 36.5 Å². The lowest BCUT2D eigenvalue weighted by Gasteiger charge is -2.40. The number of ether oxygens (including phenoxy) is 2. The average Bonchev–Trinajstić information content (AvgIpc) is 3.55. The van der Waals surface area contributed by atoms with Gasteiger partial charge in [0.25, 0.3) is 0 Å². The number of rotatable bonds is 0. The van der Waals surface area contributed by atoms with E-state index in [0.29, 0.717) is 22.6 Å². The molecule has 2 aliphatic carbocycles. The van der Waals surface area contributed by atoms with Gasteiger partial charge in [0.1, 0.15) is 23.7 Å². The second-order valence-electron chi connectivity index (χ2n) is 18.8. The summed E-state index contributed by atoms with van der Waals surface area (Å²) in [5.41, 5.74) is 1.61. The van der Waals surface area contributed by atoms with Gasteiger partial charge < -0.3 is 19.7 Å². The Hall–Kier alpha value is -3.08. The zero-order chi connectivity index (χ0) is 38.6. The van der Waals surface area contributed by atoms with Gasteiger partial charge in [-0.05, 0) is 89.5 Å². The van der Waals surface area contributed by atoms with Gasteiger partial charge in [0.2, 0.25) is 0 Å². The molecule has 6 bridgehead atoms. The molecule has 256 valence electrons. The van der Waals surface area contributed by atoms with Crippen LogP contribution in [-0.4, -0.2) is 33.6 Å². The molecule has 7 rings (SSSR count). The zero-order valence-corrected chi connectivity index (χ0v) is 30.9. The standard InChI is InChI=1S/C44H56O4/c1-39(2,3)31-15-25-13-27-17-33(41(7,8)9)24-44(37(27)45)22-30-20-32(40(4,5)6)16-26(36(30)48-44)14-28-18-34(42(10,11)12)23-43(38(28)46)21-29(19-31)35(25)47-43/h15-20,23-24,37-38,45-46H,13-14,21-22H2,1-12H3/t37-,38+,43+,44-/i13D,14D,37D,38D/t13?,14?,37-,38+,43+,44-. The number of fused-ring (bicyclic) bond motifs is 2. The average molecular weight is 653 g/mol. The van der Waals surface area contributed by atoms with Crippen molar-refractivity contribution in [1.82, 2.24) is 0 Å². The smallest absolute Gasteiger partial charge is 0.161 e. The van der Waals surface area contributed by atoms with E-state index in [1.165, 1.54) is 0 Å². The first-order chi connectivity index (χ1) is 23.5. The van der Waals surface area contributed by atoms with Crippen LogP contribution in [0, 0.1) is 10.8 Å². The lowest BCUT2D eigenvalue weighted by molar-refractivity contribution is 0.00717. The van der Waals surface area contributed by atoms with Gasteiger partial charge in [-0.15, -0.1) is 0 Å². The van der Waals surface area contributed by atoms with Crippen LogP contribution >= 0.6 is 0 Å². The molecule has 4 heteroatoms. The molecule has 0 saturated heterocycles. The van der Waals surface area contributed by atoms with Crippen LogP contribution in [0.15, 0.2) is 70.9 Å². The van der Waals surface area contributed by atoms with E-state index >= 15 is 0 Å². The van der Waals surface area contributed by atoms with Crippen molar-refractivity contribution in [3.63, 3.8) is 0 Å². The van der Waals surface area contributed by atoms with E-state index < -0.39 is 47.0 Å². The molecule has 2 unspecified atom stereocenters. The Labute approximate surface area is 294 Å². The largest absolute Gasteiger partial charge is 0.479 e. The molecule has 2 aromatic carbocycles. The lowest BCUT2D eigenvalue weighted by Crippen LogP contribution is -2.49. The normalized spacial score (nSPS) is 35.4. The fraction of sp³-hybridized carbons (Fsp3) is 0.545. The summed E-state index contributed by atoms with van der Waals surface area (Å²) in [5.74, 6) is 0.758. The molecule has 48 heavy (non-hydrogen) atoms. The van der Waals surface area contributed by atoms with Crippen molar-refractivity contribution in [3.05, 3.63) is 104 Å². The van der Waals surface area contributed by atoms with Crippen molar-refractivity contribution >= 4 is 0 Å². The number of aliphatic hydroxyl groups is 2. The molecule has 2 N–H and O–H groups in total. The van der Waals surface area contributed by atoms with Crippen molar-refractivity contribution < 1.29 is 25.2 Å². The van der Waals surface area contributed by atoms with Crippen LogP contribution in [0.3, 0.4) is 0 Å². The maximum absolute atomic E-state index is 12.7. The summed E-state index contributed by atoms with van der Waals surface area (Å²) < 4.78 is 53.6. The molecule has 0 saturated carbocycles. The van der Waals surface area contributed by atoms with Gasteiger partial charge >= 0.3 is 0 Å². The Morgan fingerprint density at radius 1 is 0.583 bits per heavy atom. The Morgan fingerprint density at radius 2 is 0.917 bits per heavy atom. The maximum Gasteiger partial charge on any atom is 0.161 e.